The summed E-state index contributed by atoms with van der Waals surface area (Å²) in [5, 5.41) is 10.5. The molecule has 0 heterocycles. The molecule has 36 heavy (non-hydrogen) atoms. The Morgan fingerprint density at radius 2 is 0.889 bits per heavy atom. The molecule has 0 saturated carbocycles. The number of hydrogen-bond donors (Lipinski definition) is 0. The number of benzene rings is 2. The van der Waals surface area contributed by atoms with E-state index in [1.807, 2.05) is 36.4 Å². The van der Waals surface area contributed by atoms with Crippen molar-refractivity contribution in [3.8, 4) is 0 Å². The number of rotatable bonds is 3. The van der Waals surface area contributed by atoms with Crippen LogP contribution in [0, 0.1) is 5.41 Å². The second-order valence-electron chi connectivity index (χ2n) is 8.76. The quantitative estimate of drug-likeness (QED) is 0.285. The SMILES string of the molecule is C(C=Cc1ccccc1)=Cc1ccccc1.CC1=C(C)C(C)(C)[C]([Ti+3])=C1C.C[N-]C.C[N-]C.C[N-]C. The summed E-state index contributed by atoms with van der Waals surface area (Å²) in [6.45, 7) is 11.3. The molecule has 3 rings (SSSR count). The van der Waals surface area contributed by atoms with Gasteiger partial charge in [0.05, 0.1) is 0 Å². The molecule has 2 aromatic rings. The zero-order valence-electron chi connectivity index (χ0n) is 24.4. The molecule has 0 radical (unpaired) electrons. The first-order valence-electron chi connectivity index (χ1n) is 12.1. The van der Waals surface area contributed by atoms with E-state index >= 15 is 0 Å². The van der Waals surface area contributed by atoms with Gasteiger partial charge in [0.2, 0.25) is 0 Å². The van der Waals surface area contributed by atoms with Gasteiger partial charge < -0.3 is 16.0 Å². The van der Waals surface area contributed by atoms with Crippen LogP contribution in [-0.4, -0.2) is 42.3 Å². The summed E-state index contributed by atoms with van der Waals surface area (Å²) < 4.78 is 1.53. The van der Waals surface area contributed by atoms with Crippen molar-refractivity contribution in [1.82, 2.24) is 0 Å². The number of allylic oxidation sites excluding steroid dienone is 6. The van der Waals surface area contributed by atoms with Gasteiger partial charge in [-0.3, -0.25) is 0 Å². The maximum absolute atomic E-state index is 3.50. The van der Waals surface area contributed by atoms with E-state index in [9.17, 15) is 0 Å². The van der Waals surface area contributed by atoms with Crippen LogP contribution in [0.3, 0.4) is 0 Å². The molecule has 1 aliphatic rings. The molecule has 0 N–H and O–H groups in total. The maximum Gasteiger partial charge on any atom is -0.162 e. The van der Waals surface area contributed by atoms with Crippen molar-refractivity contribution in [2.75, 3.05) is 42.3 Å². The first kappa shape index (κ1) is 36.2. The van der Waals surface area contributed by atoms with Gasteiger partial charge in [-0.2, -0.15) is 42.3 Å². The van der Waals surface area contributed by atoms with Crippen molar-refractivity contribution in [2.45, 2.75) is 34.6 Å². The van der Waals surface area contributed by atoms with E-state index in [1.165, 1.54) is 31.7 Å². The minimum atomic E-state index is 0.314. The molecule has 2 aromatic carbocycles. The van der Waals surface area contributed by atoms with Gasteiger partial charge in [0.1, 0.15) is 0 Å². The topological polar surface area (TPSA) is 42.3 Å². The third kappa shape index (κ3) is 15.2. The van der Waals surface area contributed by atoms with E-state index in [1.54, 1.807) is 42.3 Å². The van der Waals surface area contributed by atoms with Crippen molar-refractivity contribution < 1.29 is 20.4 Å². The Bertz CT molecular complexity index is 846. The predicted octanol–water partition coefficient (Wildman–Crippen LogP) is 9.46. The molecule has 0 atom stereocenters. The van der Waals surface area contributed by atoms with Crippen LogP contribution in [0.4, 0.5) is 0 Å². The van der Waals surface area contributed by atoms with Gasteiger partial charge in [0, 0.05) is 0 Å². The second kappa shape index (κ2) is 22.2. The molecule has 0 amide bonds. The van der Waals surface area contributed by atoms with Crippen LogP contribution in [0.2, 0.25) is 0 Å². The standard InChI is InChI=1S/C16H14.C10H15.3C2H6N.Ti/c1-3-9-15(10-4-1)13-7-8-14-16-11-5-2-6-12-16;1-7-6-10(4,5)9(3)8(7)2;3*1-3-2;/h1-14H;1-5H3;3*1-2H3;/q;;3*-1;+3. The zero-order chi connectivity index (χ0) is 28.0. The second-order valence-corrected chi connectivity index (χ2v) is 9.54. The van der Waals surface area contributed by atoms with Crippen LogP contribution in [0.15, 0.2) is 93.4 Å². The first-order chi connectivity index (χ1) is 17.1. The molecule has 194 valence electrons. The molecule has 0 spiro atoms. The summed E-state index contributed by atoms with van der Waals surface area (Å²) in [5.74, 6) is 0. The Balaban J connectivity index is 0. The van der Waals surface area contributed by atoms with Crippen molar-refractivity contribution in [3.63, 3.8) is 0 Å². The van der Waals surface area contributed by atoms with Gasteiger partial charge in [0.15, 0.2) is 0 Å². The van der Waals surface area contributed by atoms with E-state index < -0.39 is 0 Å². The molecular weight excluding hydrogens is 474 g/mol. The first-order valence-corrected chi connectivity index (χ1v) is 12.9. The van der Waals surface area contributed by atoms with Crippen molar-refractivity contribution in [1.29, 1.82) is 0 Å². The van der Waals surface area contributed by atoms with Gasteiger partial charge in [-0.15, -0.1) is 0 Å². The number of hydrogen-bond acceptors (Lipinski definition) is 0. The van der Waals surface area contributed by atoms with E-state index in [0.717, 1.165) is 0 Å². The van der Waals surface area contributed by atoms with E-state index in [2.05, 4.69) is 120 Å². The molecule has 1 aliphatic carbocycles. The average molecular weight is 522 g/mol. The molecule has 0 unspecified atom stereocenters. The number of nitrogens with zero attached hydrogens (tertiary/aromatic N) is 3. The third-order valence-corrected chi connectivity index (χ3v) is 6.91. The van der Waals surface area contributed by atoms with Gasteiger partial charge in [0.25, 0.3) is 0 Å². The van der Waals surface area contributed by atoms with E-state index in [0.29, 0.717) is 5.41 Å². The normalized spacial score (nSPS) is 13.7. The van der Waals surface area contributed by atoms with Crippen molar-refractivity contribution in [2.24, 2.45) is 5.41 Å². The Morgan fingerprint density at radius 1 is 0.583 bits per heavy atom. The molecule has 3 nitrogen and oxygen atoms in total. The third-order valence-electron chi connectivity index (χ3n) is 5.35. The molecule has 0 fully saturated rings. The van der Waals surface area contributed by atoms with Gasteiger partial charge in [-0.05, 0) is 11.1 Å². The molecule has 4 heteroatoms. The fourth-order valence-electron chi connectivity index (χ4n) is 3.06. The fraction of sp³-hybridized carbons (Fsp3) is 0.375. The van der Waals surface area contributed by atoms with Crippen LogP contribution >= 0.6 is 0 Å². The van der Waals surface area contributed by atoms with Gasteiger partial charge >= 0.3 is 81.1 Å². The minimum absolute atomic E-state index is 0.314. The summed E-state index contributed by atoms with van der Waals surface area (Å²) in [5.41, 5.74) is 7.28. The van der Waals surface area contributed by atoms with Crippen molar-refractivity contribution >= 4 is 12.2 Å². The molecule has 0 aromatic heterocycles. The summed E-state index contributed by atoms with van der Waals surface area (Å²) >= 11 is 2.25. The molecule has 0 aliphatic heterocycles. The van der Waals surface area contributed by atoms with E-state index in [4.69, 9.17) is 0 Å². The average Bonchev–Trinajstić information content (AvgIpc) is 3.00. The van der Waals surface area contributed by atoms with Crippen LogP contribution in [-0.2, 0) is 20.4 Å². The Labute approximate surface area is 234 Å². The Morgan fingerprint density at radius 3 is 1.08 bits per heavy atom. The fourth-order valence-corrected chi connectivity index (χ4v) is 3.64. The summed E-state index contributed by atoms with van der Waals surface area (Å²) in [7, 11) is 10.5. The predicted molar refractivity (Wildman–Crippen MR) is 161 cm³/mol. The van der Waals surface area contributed by atoms with Gasteiger partial charge in [-0.25, -0.2) is 0 Å². The maximum atomic E-state index is 3.50. The summed E-state index contributed by atoms with van der Waals surface area (Å²) in [6, 6.07) is 20.6. The van der Waals surface area contributed by atoms with Crippen molar-refractivity contribution in [3.05, 3.63) is 120 Å². The van der Waals surface area contributed by atoms with E-state index in [-0.39, 0.29) is 0 Å². The van der Waals surface area contributed by atoms with Gasteiger partial charge in [-0.1, -0.05) is 85.0 Å². The molecule has 0 bridgehead atoms. The molecular formula is C32H47N3Ti. The minimum Gasteiger partial charge on any atom is -0.668 e. The van der Waals surface area contributed by atoms with Crippen LogP contribution in [0.5, 0.6) is 0 Å². The summed E-state index contributed by atoms with van der Waals surface area (Å²) in [6.07, 6.45) is 8.31. The zero-order valence-corrected chi connectivity index (χ0v) is 26.0. The largest absolute Gasteiger partial charge is 0.668 e. The monoisotopic (exact) mass is 521 g/mol. The summed E-state index contributed by atoms with van der Waals surface area (Å²) in [4.78, 5) is 0. The smallest absolute Gasteiger partial charge is 0.162 e. The Hall–Kier alpha value is -2.01. The van der Waals surface area contributed by atoms with Crippen LogP contribution < -0.4 is 0 Å². The van der Waals surface area contributed by atoms with Crippen LogP contribution in [0.25, 0.3) is 28.1 Å². The molecule has 0 saturated heterocycles. The Kier molecular flexibility index (Phi) is 22.3. The van der Waals surface area contributed by atoms with Crippen LogP contribution in [0.1, 0.15) is 45.7 Å².